The van der Waals surface area contributed by atoms with Crippen molar-refractivity contribution in [2.24, 2.45) is 11.7 Å². The molecule has 2 heteroatoms. The summed E-state index contributed by atoms with van der Waals surface area (Å²) >= 11 is 0. The zero-order chi connectivity index (χ0) is 12.7. The Morgan fingerprint density at radius 1 is 1.18 bits per heavy atom. The predicted octanol–water partition coefficient (Wildman–Crippen LogP) is 2.88. The summed E-state index contributed by atoms with van der Waals surface area (Å²) in [5.74, 6) is 0.511. The fraction of sp³-hybridized carbons (Fsp3) is 0.600. The molecule has 0 fully saturated rings. The number of nitrogens with two attached hydrogens (primary N) is 1. The molecule has 0 radical (unpaired) electrons. The van der Waals surface area contributed by atoms with Crippen LogP contribution in [0.2, 0.25) is 0 Å². The topological polar surface area (TPSA) is 38.0 Å². The van der Waals surface area contributed by atoms with Gasteiger partial charge in [-0.1, -0.05) is 51.0 Å². The second-order valence-corrected chi connectivity index (χ2v) is 4.66. The van der Waals surface area contributed by atoms with Crippen LogP contribution in [0.3, 0.4) is 0 Å². The Bertz CT molecular complexity index is 301. The highest BCUT2D eigenvalue weighted by atomic mass is 14.9. The van der Waals surface area contributed by atoms with Gasteiger partial charge >= 0.3 is 0 Å². The van der Waals surface area contributed by atoms with E-state index in [0.29, 0.717) is 12.0 Å². The van der Waals surface area contributed by atoms with Crippen molar-refractivity contribution in [2.75, 3.05) is 13.6 Å². The summed E-state index contributed by atoms with van der Waals surface area (Å²) in [7, 11) is 2.02. The average Bonchev–Trinajstić information content (AvgIpc) is 2.37. The molecular formula is C15H26N2. The van der Waals surface area contributed by atoms with Crippen molar-refractivity contribution in [3.8, 4) is 0 Å². The molecule has 2 nitrogen and oxygen atoms in total. The maximum atomic E-state index is 5.83. The van der Waals surface area contributed by atoms with Crippen molar-refractivity contribution >= 4 is 0 Å². The van der Waals surface area contributed by atoms with Crippen LogP contribution in [-0.4, -0.2) is 13.6 Å². The van der Waals surface area contributed by atoms with Crippen molar-refractivity contribution in [3.63, 3.8) is 0 Å². The molecule has 0 aliphatic heterocycles. The van der Waals surface area contributed by atoms with Gasteiger partial charge in [0.15, 0.2) is 0 Å². The van der Waals surface area contributed by atoms with Crippen LogP contribution in [0.1, 0.15) is 43.9 Å². The van der Waals surface area contributed by atoms with E-state index in [9.17, 15) is 0 Å². The Hall–Kier alpha value is -0.860. The highest BCUT2D eigenvalue weighted by Crippen LogP contribution is 2.24. The van der Waals surface area contributed by atoms with Gasteiger partial charge in [0.25, 0.3) is 0 Å². The van der Waals surface area contributed by atoms with Crippen LogP contribution in [0.15, 0.2) is 24.3 Å². The van der Waals surface area contributed by atoms with Crippen molar-refractivity contribution in [2.45, 2.75) is 39.2 Å². The summed E-state index contributed by atoms with van der Waals surface area (Å²) in [5, 5.41) is 3.39. The highest BCUT2D eigenvalue weighted by molar-refractivity contribution is 5.25. The van der Waals surface area contributed by atoms with Gasteiger partial charge in [0.2, 0.25) is 0 Å². The molecule has 3 N–H and O–H groups in total. The smallest absolute Gasteiger partial charge is 0.0358 e. The van der Waals surface area contributed by atoms with E-state index < -0.39 is 0 Å². The van der Waals surface area contributed by atoms with Gasteiger partial charge in [-0.2, -0.15) is 0 Å². The van der Waals surface area contributed by atoms with Gasteiger partial charge in [-0.05, 0) is 37.1 Å². The molecule has 0 spiro atoms. The number of benzene rings is 1. The summed E-state index contributed by atoms with van der Waals surface area (Å²) in [5.41, 5.74) is 8.61. The Balaban J connectivity index is 2.81. The van der Waals surface area contributed by atoms with Gasteiger partial charge in [0.05, 0.1) is 0 Å². The van der Waals surface area contributed by atoms with Crippen LogP contribution in [0.4, 0.5) is 0 Å². The summed E-state index contributed by atoms with van der Waals surface area (Å²) in [6.07, 6.45) is 3.48. The summed E-state index contributed by atoms with van der Waals surface area (Å²) in [6, 6.07) is 9.34. The van der Waals surface area contributed by atoms with E-state index in [2.05, 4.69) is 43.4 Å². The molecule has 0 saturated heterocycles. The zero-order valence-corrected chi connectivity index (χ0v) is 11.4. The first-order valence-electron chi connectivity index (χ1n) is 6.72. The minimum absolute atomic E-state index is 0.376. The number of hydrogen-bond acceptors (Lipinski definition) is 2. The minimum atomic E-state index is 0.376. The van der Waals surface area contributed by atoms with Crippen LogP contribution in [0.25, 0.3) is 0 Å². The number of nitrogens with one attached hydrogen (secondary N) is 1. The second-order valence-electron chi connectivity index (χ2n) is 4.66. The Kier molecular flexibility index (Phi) is 6.23. The molecule has 0 saturated carbocycles. The van der Waals surface area contributed by atoms with Gasteiger partial charge < -0.3 is 11.1 Å². The normalized spacial score (nSPS) is 14.6. The summed E-state index contributed by atoms with van der Waals surface area (Å²) < 4.78 is 0. The van der Waals surface area contributed by atoms with Gasteiger partial charge in [0, 0.05) is 6.04 Å². The molecule has 0 aromatic heterocycles. The van der Waals surface area contributed by atoms with Crippen LogP contribution >= 0.6 is 0 Å². The first kappa shape index (κ1) is 14.2. The fourth-order valence-corrected chi connectivity index (χ4v) is 2.39. The molecule has 0 heterocycles. The second kappa shape index (κ2) is 7.46. The fourth-order valence-electron chi connectivity index (χ4n) is 2.39. The van der Waals surface area contributed by atoms with Crippen LogP contribution in [0, 0.1) is 5.92 Å². The van der Waals surface area contributed by atoms with Crippen LogP contribution < -0.4 is 11.1 Å². The Labute approximate surface area is 106 Å². The molecule has 0 bridgehead atoms. The lowest BCUT2D eigenvalue weighted by molar-refractivity contribution is 0.378. The maximum absolute atomic E-state index is 5.83. The maximum Gasteiger partial charge on any atom is 0.0358 e. The highest BCUT2D eigenvalue weighted by Gasteiger charge is 2.18. The summed E-state index contributed by atoms with van der Waals surface area (Å²) in [6.45, 7) is 5.15. The zero-order valence-electron chi connectivity index (χ0n) is 11.4. The van der Waals surface area contributed by atoms with E-state index in [-0.39, 0.29) is 0 Å². The molecule has 0 aliphatic rings. The van der Waals surface area contributed by atoms with Crippen molar-refractivity contribution in [1.29, 1.82) is 0 Å². The van der Waals surface area contributed by atoms with Gasteiger partial charge in [-0.25, -0.2) is 0 Å². The van der Waals surface area contributed by atoms with Crippen LogP contribution in [0.5, 0.6) is 0 Å². The van der Waals surface area contributed by atoms with Crippen molar-refractivity contribution in [1.82, 2.24) is 5.32 Å². The molecule has 2 atom stereocenters. The first-order chi connectivity index (χ1) is 8.26. The van der Waals surface area contributed by atoms with E-state index in [4.69, 9.17) is 5.73 Å². The van der Waals surface area contributed by atoms with E-state index in [1.54, 1.807) is 0 Å². The van der Waals surface area contributed by atoms with Crippen molar-refractivity contribution < 1.29 is 0 Å². The molecule has 1 aromatic rings. The van der Waals surface area contributed by atoms with E-state index in [1.165, 1.54) is 24.0 Å². The molecule has 0 aliphatic carbocycles. The number of aryl methyl sites for hydroxylation is 1. The quantitative estimate of drug-likeness (QED) is 0.761. The summed E-state index contributed by atoms with van der Waals surface area (Å²) in [4.78, 5) is 0. The molecule has 0 amide bonds. The molecule has 1 rings (SSSR count). The standard InChI is InChI=1S/C15H26N2/c1-4-6-12-7-9-14(10-8-12)15(17-3)13(5-2)11-16/h7-10,13,15,17H,4-6,11,16H2,1-3H3. The van der Waals surface area contributed by atoms with Crippen molar-refractivity contribution in [3.05, 3.63) is 35.4 Å². The van der Waals surface area contributed by atoms with E-state index >= 15 is 0 Å². The SMILES string of the molecule is CCCc1ccc(C(NC)C(CC)CN)cc1. The Morgan fingerprint density at radius 2 is 1.82 bits per heavy atom. The minimum Gasteiger partial charge on any atom is -0.330 e. The molecule has 1 aromatic carbocycles. The third-order valence-corrected chi connectivity index (χ3v) is 3.49. The van der Waals surface area contributed by atoms with E-state index in [0.717, 1.165) is 13.0 Å². The molecule has 17 heavy (non-hydrogen) atoms. The lowest BCUT2D eigenvalue weighted by Gasteiger charge is -2.25. The first-order valence-corrected chi connectivity index (χ1v) is 6.72. The largest absolute Gasteiger partial charge is 0.330 e. The lowest BCUT2D eigenvalue weighted by atomic mass is 9.90. The number of hydrogen-bond donors (Lipinski definition) is 2. The molecule has 96 valence electrons. The third kappa shape index (κ3) is 3.83. The molecule has 2 unspecified atom stereocenters. The number of rotatable bonds is 7. The average molecular weight is 234 g/mol. The van der Waals surface area contributed by atoms with E-state index in [1.807, 2.05) is 7.05 Å². The van der Waals surface area contributed by atoms with Gasteiger partial charge in [-0.15, -0.1) is 0 Å². The lowest BCUT2D eigenvalue weighted by Crippen LogP contribution is -2.30. The predicted molar refractivity (Wildman–Crippen MR) is 75.1 cm³/mol. The van der Waals surface area contributed by atoms with Crippen LogP contribution in [-0.2, 0) is 6.42 Å². The molecular weight excluding hydrogens is 208 g/mol. The van der Waals surface area contributed by atoms with Gasteiger partial charge in [0.1, 0.15) is 0 Å². The monoisotopic (exact) mass is 234 g/mol. The van der Waals surface area contributed by atoms with Gasteiger partial charge in [-0.3, -0.25) is 0 Å². The Morgan fingerprint density at radius 3 is 2.24 bits per heavy atom. The third-order valence-electron chi connectivity index (χ3n) is 3.49.